The summed E-state index contributed by atoms with van der Waals surface area (Å²) in [5, 5.41) is 22.4. The molecule has 1 aromatic heterocycles. The van der Waals surface area contributed by atoms with Crippen LogP contribution in [0.3, 0.4) is 0 Å². The molecule has 37 heavy (non-hydrogen) atoms. The van der Waals surface area contributed by atoms with Gasteiger partial charge in [0.25, 0.3) is 0 Å². The van der Waals surface area contributed by atoms with Crippen molar-refractivity contribution in [3.05, 3.63) is 129 Å². The number of hydrogen-bond acceptors (Lipinski definition) is 4. The topological polar surface area (TPSA) is 91.9 Å². The van der Waals surface area contributed by atoms with Crippen molar-refractivity contribution < 1.29 is 15.1 Å². The molecule has 4 rings (SSSR count). The van der Waals surface area contributed by atoms with Gasteiger partial charge >= 0.3 is 5.97 Å². The Morgan fingerprint density at radius 1 is 0.919 bits per heavy atom. The Balaban J connectivity index is 1.64. The van der Waals surface area contributed by atoms with Gasteiger partial charge < -0.3 is 14.9 Å². The number of carbonyl (C=O) groups is 1. The smallest absolute Gasteiger partial charge is 0.303 e. The number of hydrogen-bond donors (Lipinski definition) is 2. The zero-order chi connectivity index (χ0) is 26.4. The van der Waals surface area contributed by atoms with Crippen LogP contribution in [0.15, 0.2) is 101 Å². The number of aliphatic carboxylic acids is 1. The number of carboxylic acids is 1. The van der Waals surface area contributed by atoms with Gasteiger partial charge in [0.2, 0.25) is 5.56 Å². The van der Waals surface area contributed by atoms with Crippen LogP contribution in [-0.2, 0) is 18.3 Å². The van der Waals surface area contributed by atoms with Crippen LogP contribution in [0.5, 0.6) is 0 Å². The fourth-order valence-electron chi connectivity index (χ4n) is 4.58. The van der Waals surface area contributed by atoms with Crippen molar-refractivity contribution in [1.82, 2.24) is 4.57 Å². The first-order valence-electron chi connectivity index (χ1n) is 12.2. The molecular formula is C31H30N2O4. The van der Waals surface area contributed by atoms with Gasteiger partial charge in [-0.25, -0.2) is 0 Å². The van der Waals surface area contributed by atoms with E-state index in [-0.39, 0.29) is 17.9 Å². The first-order chi connectivity index (χ1) is 17.9. The molecule has 0 bridgehead atoms. The van der Waals surface area contributed by atoms with Crippen molar-refractivity contribution in [3.8, 4) is 11.1 Å². The minimum Gasteiger partial charge on any atom is -0.481 e. The minimum atomic E-state index is -0.798. The van der Waals surface area contributed by atoms with Crippen LogP contribution < -0.4 is 5.56 Å². The Hall–Kier alpha value is -4.45. The summed E-state index contributed by atoms with van der Waals surface area (Å²) < 4.78 is 1.48. The van der Waals surface area contributed by atoms with Crippen LogP contribution in [0, 0.1) is 6.92 Å². The lowest BCUT2D eigenvalue weighted by molar-refractivity contribution is -0.136. The standard InChI is InChI=1S/C31H30N2O4/c1-21-5-3-4-6-27(21)28(19-29(32-37)26-16-17-30(34)33(2)20-26)25-14-12-24(13-15-25)23-10-7-22(8-11-23)9-18-31(35)36/h3-8,10-17,20,28,37H,9,18-19H2,1-2H3,(H,35,36)/b32-29+. The Labute approximate surface area is 216 Å². The average Bonchev–Trinajstić information content (AvgIpc) is 2.91. The highest BCUT2D eigenvalue weighted by Gasteiger charge is 2.21. The van der Waals surface area contributed by atoms with E-state index >= 15 is 0 Å². The summed E-state index contributed by atoms with van der Waals surface area (Å²) in [6.07, 6.45) is 2.77. The molecular weight excluding hydrogens is 464 g/mol. The van der Waals surface area contributed by atoms with Crippen LogP contribution in [0.1, 0.15) is 46.6 Å². The molecule has 0 spiro atoms. The van der Waals surface area contributed by atoms with E-state index in [2.05, 4.69) is 48.5 Å². The summed E-state index contributed by atoms with van der Waals surface area (Å²) in [4.78, 5) is 22.7. The molecule has 3 aromatic carbocycles. The largest absolute Gasteiger partial charge is 0.481 e. The number of benzene rings is 3. The monoisotopic (exact) mass is 494 g/mol. The van der Waals surface area contributed by atoms with E-state index < -0.39 is 5.97 Å². The van der Waals surface area contributed by atoms with Gasteiger partial charge in [-0.2, -0.15) is 0 Å². The molecule has 2 N–H and O–H groups in total. The number of nitrogens with zero attached hydrogens (tertiary/aromatic N) is 2. The van der Waals surface area contributed by atoms with Crippen LogP contribution >= 0.6 is 0 Å². The van der Waals surface area contributed by atoms with Crippen molar-refractivity contribution in [2.24, 2.45) is 12.2 Å². The molecule has 188 valence electrons. The van der Waals surface area contributed by atoms with E-state index in [0.717, 1.165) is 33.4 Å². The number of aryl methyl sites for hydroxylation is 3. The summed E-state index contributed by atoms with van der Waals surface area (Å²) in [6.45, 7) is 2.07. The number of oxime groups is 1. The van der Waals surface area contributed by atoms with Gasteiger partial charge in [-0.1, -0.05) is 78.0 Å². The summed E-state index contributed by atoms with van der Waals surface area (Å²) in [6, 6.07) is 27.7. The molecule has 0 aliphatic rings. The third-order valence-electron chi connectivity index (χ3n) is 6.73. The molecule has 0 fully saturated rings. The minimum absolute atomic E-state index is 0.0585. The van der Waals surface area contributed by atoms with E-state index in [1.54, 1.807) is 19.3 Å². The normalized spacial score (nSPS) is 12.3. The van der Waals surface area contributed by atoms with Gasteiger partial charge in [-0.15, -0.1) is 0 Å². The second-order valence-electron chi connectivity index (χ2n) is 9.24. The highest BCUT2D eigenvalue weighted by molar-refractivity contribution is 6.00. The van der Waals surface area contributed by atoms with Crippen molar-refractivity contribution >= 4 is 11.7 Å². The van der Waals surface area contributed by atoms with E-state index in [4.69, 9.17) is 5.11 Å². The molecule has 6 heteroatoms. The van der Waals surface area contributed by atoms with Crippen molar-refractivity contribution in [2.75, 3.05) is 0 Å². The lowest BCUT2D eigenvalue weighted by atomic mass is 9.83. The second-order valence-corrected chi connectivity index (χ2v) is 9.24. The molecule has 6 nitrogen and oxygen atoms in total. The van der Waals surface area contributed by atoms with Crippen molar-refractivity contribution in [2.45, 2.75) is 32.1 Å². The second kappa shape index (κ2) is 11.5. The van der Waals surface area contributed by atoms with E-state index in [9.17, 15) is 14.8 Å². The molecule has 0 saturated heterocycles. The SMILES string of the molecule is Cc1ccccc1C(C/C(=N\O)c1ccc(=O)n(C)c1)c1ccc(-c2ccc(CCC(=O)O)cc2)cc1. The van der Waals surface area contributed by atoms with E-state index in [1.165, 1.54) is 10.6 Å². The van der Waals surface area contributed by atoms with Crippen molar-refractivity contribution in [1.29, 1.82) is 0 Å². The quantitative estimate of drug-likeness (QED) is 0.175. The highest BCUT2D eigenvalue weighted by atomic mass is 16.4. The summed E-state index contributed by atoms with van der Waals surface area (Å²) in [7, 11) is 1.68. The molecule has 0 aliphatic carbocycles. The molecule has 0 radical (unpaired) electrons. The van der Waals surface area contributed by atoms with Gasteiger partial charge in [0.15, 0.2) is 0 Å². The Morgan fingerprint density at radius 2 is 1.57 bits per heavy atom. The van der Waals surface area contributed by atoms with Gasteiger partial charge in [-0.3, -0.25) is 9.59 Å². The first-order valence-corrected chi connectivity index (χ1v) is 12.2. The predicted octanol–water partition coefficient (Wildman–Crippen LogP) is 5.78. The Morgan fingerprint density at radius 3 is 2.16 bits per heavy atom. The van der Waals surface area contributed by atoms with E-state index in [1.807, 2.05) is 36.4 Å². The molecule has 0 saturated carbocycles. The van der Waals surface area contributed by atoms with E-state index in [0.29, 0.717) is 24.1 Å². The molecule has 0 amide bonds. The van der Waals surface area contributed by atoms with Gasteiger partial charge in [0.1, 0.15) is 0 Å². The molecule has 0 aliphatic heterocycles. The maximum absolute atomic E-state index is 11.9. The van der Waals surface area contributed by atoms with Gasteiger partial charge in [0, 0.05) is 43.6 Å². The molecule has 1 atom stereocenters. The fraction of sp³-hybridized carbons (Fsp3) is 0.194. The fourth-order valence-corrected chi connectivity index (χ4v) is 4.58. The third-order valence-corrected chi connectivity index (χ3v) is 6.73. The molecule has 1 unspecified atom stereocenters. The average molecular weight is 495 g/mol. The summed E-state index contributed by atoms with van der Waals surface area (Å²) >= 11 is 0. The van der Waals surface area contributed by atoms with Crippen LogP contribution in [0.25, 0.3) is 11.1 Å². The predicted molar refractivity (Wildman–Crippen MR) is 145 cm³/mol. The number of carboxylic acid groups (broad SMARTS) is 1. The molecule has 4 aromatic rings. The van der Waals surface area contributed by atoms with Gasteiger partial charge in [0.05, 0.1) is 5.71 Å². The maximum atomic E-state index is 11.9. The van der Waals surface area contributed by atoms with Crippen molar-refractivity contribution in [3.63, 3.8) is 0 Å². The maximum Gasteiger partial charge on any atom is 0.303 e. The lowest BCUT2D eigenvalue weighted by Gasteiger charge is -2.21. The van der Waals surface area contributed by atoms with Crippen LogP contribution in [0.4, 0.5) is 0 Å². The Bertz CT molecular complexity index is 1470. The number of pyridine rings is 1. The lowest BCUT2D eigenvalue weighted by Crippen LogP contribution is -2.18. The third kappa shape index (κ3) is 6.22. The first kappa shape index (κ1) is 25.6. The van der Waals surface area contributed by atoms with Crippen LogP contribution in [0.2, 0.25) is 0 Å². The zero-order valence-corrected chi connectivity index (χ0v) is 21.0. The number of rotatable bonds is 9. The summed E-state index contributed by atoms with van der Waals surface area (Å²) in [5.74, 6) is -0.856. The van der Waals surface area contributed by atoms with Crippen LogP contribution in [-0.4, -0.2) is 26.6 Å². The molecule has 1 heterocycles. The highest BCUT2D eigenvalue weighted by Crippen LogP contribution is 2.33. The zero-order valence-electron chi connectivity index (χ0n) is 21.0. The summed E-state index contributed by atoms with van der Waals surface area (Å²) in [5.41, 5.74) is 7.57. The number of aromatic nitrogens is 1. The van der Waals surface area contributed by atoms with Gasteiger partial charge in [-0.05, 0) is 52.8 Å². The Kier molecular flexibility index (Phi) is 7.98.